The molecule has 0 aliphatic carbocycles. The molecule has 1 atom stereocenters. The number of hydrogen-bond donors (Lipinski definition) is 0. The van der Waals surface area contributed by atoms with Crippen molar-refractivity contribution in [1.82, 2.24) is 0 Å². The second-order valence-corrected chi connectivity index (χ2v) is 7.90. The zero-order valence-corrected chi connectivity index (χ0v) is 14.0. The van der Waals surface area contributed by atoms with Crippen molar-refractivity contribution in [1.29, 1.82) is 0 Å². The lowest BCUT2D eigenvalue weighted by Gasteiger charge is -2.24. The van der Waals surface area contributed by atoms with Crippen LogP contribution in [0, 0.1) is 6.92 Å². The molecule has 2 aromatic carbocycles. The highest BCUT2D eigenvalue weighted by molar-refractivity contribution is 7.91. The highest BCUT2D eigenvalue weighted by Crippen LogP contribution is 2.31. The molecule has 3 rings (SSSR count). The molecule has 2 aromatic rings. The molecule has 0 bridgehead atoms. The van der Waals surface area contributed by atoms with Crippen LogP contribution in [0.1, 0.15) is 30.1 Å². The lowest BCUT2D eigenvalue weighted by Crippen LogP contribution is -2.13. The Balaban J connectivity index is 1.86. The van der Waals surface area contributed by atoms with Crippen molar-refractivity contribution < 1.29 is 13.2 Å². The standard InChI is InChI=1S/C19H20O3S/c1-14-3-7-17(8-4-14)23(20,21)18-9-5-16(6-10-18)19-13-15(2)11-12-22-19/h3-10,19H,2,11-13H2,1H3. The summed E-state index contributed by atoms with van der Waals surface area (Å²) in [5, 5.41) is 0. The summed E-state index contributed by atoms with van der Waals surface area (Å²) in [7, 11) is -3.47. The zero-order chi connectivity index (χ0) is 16.4. The molecule has 0 radical (unpaired) electrons. The molecule has 0 saturated carbocycles. The minimum absolute atomic E-state index is 0.0209. The predicted octanol–water partition coefficient (Wildman–Crippen LogP) is 4.24. The summed E-state index contributed by atoms with van der Waals surface area (Å²) in [6.07, 6.45) is 1.67. The first-order chi connectivity index (χ1) is 11.0. The molecule has 4 heteroatoms. The van der Waals surface area contributed by atoms with Crippen molar-refractivity contribution in [2.24, 2.45) is 0 Å². The van der Waals surface area contributed by atoms with E-state index in [2.05, 4.69) is 6.58 Å². The van der Waals surface area contributed by atoms with Crippen molar-refractivity contribution in [2.45, 2.75) is 35.7 Å². The van der Waals surface area contributed by atoms with Crippen molar-refractivity contribution in [2.75, 3.05) is 6.61 Å². The Morgan fingerprint density at radius 1 is 1.00 bits per heavy atom. The van der Waals surface area contributed by atoms with E-state index in [4.69, 9.17) is 4.74 Å². The molecule has 1 aliphatic rings. The van der Waals surface area contributed by atoms with E-state index in [-0.39, 0.29) is 6.10 Å². The fourth-order valence-electron chi connectivity index (χ4n) is 2.70. The third-order valence-corrected chi connectivity index (χ3v) is 5.93. The van der Waals surface area contributed by atoms with Crippen LogP contribution in [0.5, 0.6) is 0 Å². The molecule has 0 N–H and O–H groups in total. The maximum atomic E-state index is 12.6. The van der Waals surface area contributed by atoms with E-state index in [1.165, 1.54) is 5.57 Å². The monoisotopic (exact) mass is 328 g/mol. The van der Waals surface area contributed by atoms with Gasteiger partial charge in [-0.1, -0.05) is 42.0 Å². The molecule has 1 unspecified atom stereocenters. The normalized spacial score (nSPS) is 18.8. The van der Waals surface area contributed by atoms with Crippen LogP contribution in [0.25, 0.3) is 0 Å². The zero-order valence-electron chi connectivity index (χ0n) is 13.2. The van der Waals surface area contributed by atoms with E-state index in [1.807, 2.05) is 31.2 Å². The molecule has 3 nitrogen and oxygen atoms in total. The van der Waals surface area contributed by atoms with Crippen molar-refractivity contribution in [3.8, 4) is 0 Å². The van der Waals surface area contributed by atoms with Crippen LogP contribution in [0.15, 0.2) is 70.5 Å². The Kier molecular flexibility index (Phi) is 4.37. The molecule has 1 saturated heterocycles. The third-order valence-electron chi connectivity index (χ3n) is 4.14. The average molecular weight is 328 g/mol. The number of aryl methyl sites for hydroxylation is 1. The summed E-state index contributed by atoms with van der Waals surface area (Å²) in [4.78, 5) is 0.623. The van der Waals surface area contributed by atoms with Crippen molar-refractivity contribution in [3.05, 3.63) is 71.8 Å². The van der Waals surface area contributed by atoms with Gasteiger partial charge in [0.25, 0.3) is 0 Å². The number of benzene rings is 2. The van der Waals surface area contributed by atoms with Crippen LogP contribution in [-0.2, 0) is 14.6 Å². The van der Waals surface area contributed by atoms with Gasteiger partial charge in [0.1, 0.15) is 0 Å². The Bertz CT molecular complexity index is 803. The maximum absolute atomic E-state index is 12.6. The van der Waals surface area contributed by atoms with E-state index in [1.54, 1.807) is 24.3 Å². The van der Waals surface area contributed by atoms with Crippen LogP contribution >= 0.6 is 0 Å². The van der Waals surface area contributed by atoms with Gasteiger partial charge in [0.15, 0.2) is 0 Å². The van der Waals surface area contributed by atoms with Gasteiger partial charge in [0.2, 0.25) is 9.84 Å². The first-order valence-corrected chi connectivity index (χ1v) is 9.15. The molecule has 23 heavy (non-hydrogen) atoms. The quantitative estimate of drug-likeness (QED) is 0.792. The largest absolute Gasteiger partial charge is 0.373 e. The van der Waals surface area contributed by atoms with Crippen LogP contribution < -0.4 is 0 Å². The summed E-state index contributed by atoms with van der Waals surface area (Å²) >= 11 is 0. The predicted molar refractivity (Wildman–Crippen MR) is 90.1 cm³/mol. The minimum Gasteiger partial charge on any atom is -0.373 e. The summed E-state index contributed by atoms with van der Waals surface area (Å²) in [5.41, 5.74) is 3.21. The van der Waals surface area contributed by atoms with Gasteiger partial charge in [0.05, 0.1) is 22.5 Å². The Morgan fingerprint density at radius 2 is 1.57 bits per heavy atom. The van der Waals surface area contributed by atoms with Crippen molar-refractivity contribution in [3.63, 3.8) is 0 Å². The van der Waals surface area contributed by atoms with Gasteiger partial charge in [0, 0.05) is 0 Å². The van der Waals surface area contributed by atoms with E-state index < -0.39 is 9.84 Å². The second kappa shape index (κ2) is 6.30. The Hall–Kier alpha value is -1.91. The number of rotatable bonds is 3. The lowest BCUT2D eigenvalue weighted by molar-refractivity contribution is 0.0352. The molecular weight excluding hydrogens is 308 g/mol. The molecule has 120 valence electrons. The summed E-state index contributed by atoms with van der Waals surface area (Å²) in [6.45, 7) is 6.62. The number of ether oxygens (including phenoxy) is 1. The minimum atomic E-state index is -3.47. The number of hydrogen-bond acceptors (Lipinski definition) is 3. The maximum Gasteiger partial charge on any atom is 0.206 e. The summed E-state index contributed by atoms with van der Waals surface area (Å²) in [5.74, 6) is 0. The second-order valence-electron chi connectivity index (χ2n) is 5.95. The number of sulfone groups is 1. The molecule has 0 spiro atoms. The Morgan fingerprint density at radius 3 is 2.13 bits per heavy atom. The van der Waals surface area contributed by atoms with Gasteiger partial charge in [-0.15, -0.1) is 0 Å². The van der Waals surface area contributed by atoms with Crippen molar-refractivity contribution >= 4 is 9.84 Å². The fourth-order valence-corrected chi connectivity index (χ4v) is 3.96. The molecule has 0 aromatic heterocycles. The van der Waals surface area contributed by atoms with Gasteiger partial charge in [-0.05, 0) is 49.6 Å². The topological polar surface area (TPSA) is 43.4 Å². The first-order valence-electron chi connectivity index (χ1n) is 7.67. The molecule has 1 aliphatic heterocycles. The van der Waals surface area contributed by atoms with Gasteiger partial charge >= 0.3 is 0 Å². The average Bonchev–Trinajstić information content (AvgIpc) is 2.55. The summed E-state index contributed by atoms with van der Waals surface area (Å²) in [6, 6.07) is 13.9. The molecule has 1 heterocycles. The van der Waals surface area contributed by atoms with Gasteiger partial charge in [-0.25, -0.2) is 8.42 Å². The fraction of sp³-hybridized carbons (Fsp3) is 0.263. The Labute approximate surface area is 137 Å². The van der Waals surface area contributed by atoms with Gasteiger partial charge in [-0.3, -0.25) is 0 Å². The first kappa shape index (κ1) is 16.0. The molecule has 1 fully saturated rings. The van der Waals surface area contributed by atoms with Crippen LogP contribution in [-0.4, -0.2) is 15.0 Å². The van der Waals surface area contributed by atoms with E-state index in [9.17, 15) is 8.42 Å². The smallest absolute Gasteiger partial charge is 0.206 e. The van der Waals surface area contributed by atoms with E-state index in [0.717, 1.165) is 24.0 Å². The highest BCUT2D eigenvalue weighted by Gasteiger charge is 2.21. The highest BCUT2D eigenvalue weighted by atomic mass is 32.2. The van der Waals surface area contributed by atoms with E-state index >= 15 is 0 Å². The van der Waals surface area contributed by atoms with Crippen LogP contribution in [0.4, 0.5) is 0 Å². The van der Waals surface area contributed by atoms with E-state index in [0.29, 0.717) is 16.4 Å². The SMILES string of the molecule is C=C1CCOC(c2ccc(S(=O)(=O)c3ccc(C)cc3)cc2)C1. The molecular formula is C19H20O3S. The van der Waals surface area contributed by atoms with Crippen LogP contribution in [0.3, 0.4) is 0 Å². The third kappa shape index (κ3) is 3.38. The van der Waals surface area contributed by atoms with Gasteiger partial charge < -0.3 is 4.74 Å². The summed E-state index contributed by atoms with van der Waals surface area (Å²) < 4.78 is 31.0. The molecule has 0 amide bonds. The van der Waals surface area contributed by atoms with Crippen LogP contribution in [0.2, 0.25) is 0 Å². The van der Waals surface area contributed by atoms with Gasteiger partial charge in [-0.2, -0.15) is 0 Å². The lowest BCUT2D eigenvalue weighted by atomic mass is 9.98.